The van der Waals surface area contributed by atoms with E-state index in [0.29, 0.717) is 42.2 Å². The molecule has 1 aliphatic heterocycles. The van der Waals surface area contributed by atoms with Gasteiger partial charge in [-0.15, -0.1) is 0 Å². The van der Waals surface area contributed by atoms with E-state index < -0.39 is 21.4 Å². The number of rotatable bonds is 3. The van der Waals surface area contributed by atoms with E-state index in [1.54, 1.807) is 6.07 Å². The van der Waals surface area contributed by atoms with Crippen molar-refractivity contribution in [1.29, 1.82) is 0 Å². The molecule has 7 rings (SSSR count). The average molecular weight is 436 g/mol. The first kappa shape index (κ1) is 19.5. The maximum atomic E-state index is 12.7. The molecular weight excluding hydrogens is 406 g/mol. The molecule has 6 aliphatic rings. The van der Waals surface area contributed by atoms with Crippen LogP contribution in [-0.2, 0) is 24.3 Å². The van der Waals surface area contributed by atoms with Crippen LogP contribution in [0.4, 0.5) is 0 Å². The first-order valence-electron chi connectivity index (χ1n) is 11.4. The summed E-state index contributed by atoms with van der Waals surface area (Å²) in [5, 5.41) is 11.7. The Bertz CT molecular complexity index is 911. The van der Waals surface area contributed by atoms with Crippen LogP contribution in [-0.4, -0.2) is 25.7 Å². The van der Waals surface area contributed by atoms with E-state index in [4.69, 9.17) is 14.5 Å². The molecule has 0 atom stereocenters. The molecule has 5 aliphatic carbocycles. The largest absolute Gasteiger partial charge is 0.618 e. The molecule has 0 amide bonds. The highest BCUT2D eigenvalue weighted by molar-refractivity contribution is 7.91. The molecule has 7 nitrogen and oxygen atoms in total. The van der Waals surface area contributed by atoms with Gasteiger partial charge in [0.05, 0.1) is 5.75 Å². The van der Waals surface area contributed by atoms with Crippen LogP contribution in [0.3, 0.4) is 0 Å². The Morgan fingerprint density at radius 2 is 1.67 bits per heavy atom. The van der Waals surface area contributed by atoms with Gasteiger partial charge in [0.1, 0.15) is 0 Å². The fourth-order valence-corrected chi connectivity index (χ4v) is 8.87. The summed E-state index contributed by atoms with van der Waals surface area (Å²) < 4.78 is 32.6. The third-order valence-electron chi connectivity index (χ3n) is 8.37. The Kier molecular flexibility index (Phi) is 4.31. The zero-order chi connectivity index (χ0) is 20.6. The van der Waals surface area contributed by atoms with Crippen molar-refractivity contribution in [3.05, 3.63) is 29.6 Å². The summed E-state index contributed by atoms with van der Waals surface area (Å²) in [5.41, 5.74) is 0. The van der Waals surface area contributed by atoms with Gasteiger partial charge in [-0.3, -0.25) is 0 Å². The summed E-state index contributed by atoms with van der Waals surface area (Å²) >= 11 is 0. The minimum Gasteiger partial charge on any atom is -0.618 e. The lowest BCUT2D eigenvalue weighted by Crippen LogP contribution is -2.59. The van der Waals surface area contributed by atoms with Crippen molar-refractivity contribution < 1.29 is 27.7 Å². The highest BCUT2D eigenvalue weighted by Gasteiger charge is 2.66. The van der Waals surface area contributed by atoms with Crippen molar-refractivity contribution in [2.24, 2.45) is 29.6 Å². The van der Waals surface area contributed by atoms with Gasteiger partial charge in [0, 0.05) is 36.8 Å². The van der Waals surface area contributed by atoms with Crippen molar-refractivity contribution >= 4 is 9.84 Å². The van der Waals surface area contributed by atoms with Crippen LogP contribution in [0.2, 0.25) is 0 Å². The predicted molar refractivity (Wildman–Crippen MR) is 105 cm³/mol. The molecule has 6 fully saturated rings. The number of aromatic nitrogens is 1. The van der Waals surface area contributed by atoms with Crippen LogP contribution in [0, 0.1) is 34.8 Å². The Balaban J connectivity index is 1.13. The molecule has 1 aromatic heterocycles. The molecule has 30 heavy (non-hydrogen) atoms. The van der Waals surface area contributed by atoms with E-state index in [1.807, 2.05) is 0 Å². The summed E-state index contributed by atoms with van der Waals surface area (Å²) in [4.78, 5) is 12.0. The lowest BCUT2D eigenvalue weighted by atomic mass is 9.53. The van der Waals surface area contributed by atoms with E-state index in [2.05, 4.69) is 0 Å². The summed E-state index contributed by atoms with van der Waals surface area (Å²) in [7, 11) is -3.63. The Morgan fingerprint density at radius 1 is 1.00 bits per heavy atom. The van der Waals surface area contributed by atoms with E-state index in [0.717, 1.165) is 11.8 Å². The molecule has 0 aromatic carbocycles. The number of hydrogen-bond donors (Lipinski definition) is 0. The number of nitrogens with zero attached hydrogens (tertiary/aromatic N) is 1. The molecule has 0 unspecified atom stereocenters. The van der Waals surface area contributed by atoms with E-state index in [9.17, 15) is 13.6 Å². The van der Waals surface area contributed by atoms with E-state index in [1.165, 1.54) is 50.4 Å². The van der Waals surface area contributed by atoms with Gasteiger partial charge in [0.25, 0.3) is 0 Å². The molecule has 8 heteroatoms. The van der Waals surface area contributed by atoms with Crippen LogP contribution in [0.15, 0.2) is 29.4 Å². The number of hydrogen-bond acceptors (Lipinski definition) is 6. The fourth-order valence-electron chi connectivity index (χ4n) is 7.13. The summed E-state index contributed by atoms with van der Waals surface area (Å²) in [5.74, 6) is 1.16. The molecule has 0 radical (unpaired) electrons. The molecule has 5 saturated carbocycles. The van der Waals surface area contributed by atoms with Gasteiger partial charge in [-0.25, -0.2) is 8.42 Å². The second-order valence-electron chi connectivity index (χ2n) is 10.3. The molecule has 2 heterocycles. The Hall–Kier alpha value is -1.22. The molecule has 1 saturated heterocycles. The minimum absolute atomic E-state index is 0.0110. The lowest BCUT2D eigenvalue weighted by molar-refractivity contribution is -0.646. The van der Waals surface area contributed by atoms with Gasteiger partial charge in [-0.2, -0.15) is 14.5 Å². The van der Waals surface area contributed by atoms with Crippen molar-refractivity contribution in [3.8, 4) is 0 Å². The highest BCUT2D eigenvalue weighted by Crippen LogP contribution is 2.63. The van der Waals surface area contributed by atoms with Crippen LogP contribution >= 0.6 is 0 Å². The number of ether oxygens (including phenoxy) is 1. The molecule has 0 N–H and O–H groups in total. The quantitative estimate of drug-likeness (QED) is 0.412. The van der Waals surface area contributed by atoms with Gasteiger partial charge in [0.2, 0.25) is 21.4 Å². The van der Waals surface area contributed by atoms with E-state index >= 15 is 0 Å². The first-order chi connectivity index (χ1) is 14.4. The van der Waals surface area contributed by atoms with Gasteiger partial charge in [-0.1, -0.05) is 0 Å². The van der Waals surface area contributed by atoms with Crippen molar-refractivity contribution in [3.63, 3.8) is 0 Å². The third kappa shape index (κ3) is 2.94. The second kappa shape index (κ2) is 6.64. The maximum Gasteiger partial charge on any atom is 0.308 e. The monoisotopic (exact) mass is 435 g/mol. The minimum atomic E-state index is -3.63. The summed E-state index contributed by atoms with van der Waals surface area (Å²) in [6.07, 6.45) is 9.95. The fraction of sp³-hybridized carbons (Fsp3) is 0.773. The highest BCUT2D eigenvalue weighted by atomic mass is 32.2. The molecule has 1 aromatic rings. The third-order valence-corrected chi connectivity index (χ3v) is 10.2. The molecule has 2 spiro atoms. The summed E-state index contributed by atoms with van der Waals surface area (Å²) in [6.45, 7) is 0. The van der Waals surface area contributed by atoms with Crippen LogP contribution in [0.25, 0.3) is 0 Å². The zero-order valence-electron chi connectivity index (χ0n) is 17.1. The second-order valence-corrected chi connectivity index (χ2v) is 12.3. The van der Waals surface area contributed by atoms with Crippen molar-refractivity contribution in [2.45, 2.75) is 74.4 Å². The van der Waals surface area contributed by atoms with Crippen LogP contribution in [0.1, 0.15) is 57.8 Å². The first-order valence-corrected chi connectivity index (χ1v) is 13.0. The number of sulfone groups is 1. The molecular formula is C22H29NO6S. The topological polar surface area (TPSA) is 88.8 Å². The Morgan fingerprint density at radius 3 is 2.30 bits per heavy atom. The van der Waals surface area contributed by atoms with Crippen LogP contribution < -0.4 is 4.73 Å². The van der Waals surface area contributed by atoms with Crippen molar-refractivity contribution in [2.75, 3.05) is 5.75 Å². The van der Waals surface area contributed by atoms with Crippen molar-refractivity contribution in [1.82, 2.24) is 0 Å². The van der Waals surface area contributed by atoms with Gasteiger partial charge < -0.3 is 9.94 Å². The van der Waals surface area contributed by atoms with Gasteiger partial charge >= 0.3 is 5.03 Å². The standard InChI is InChI=1S/C22H29NO6S/c24-23-8-2-1-3-20(23)30(25,26)14-15-4-6-21(7-5-15)27-22(29-28-21)18-10-16-9-17(12-18)13-19(22)11-16/h1-3,8,15-19H,4-7,9-14H2. The van der Waals surface area contributed by atoms with E-state index in [-0.39, 0.29) is 16.7 Å². The number of pyridine rings is 1. The normalized spacial score (nSPS) is 44.9. The molecule has 4 bridgehead atoms. The SMILES string of the molecule is O=S(=O)(CC1CCC2(CC1)OOC1(O2)C2CC3CC(C2)CC1C3)c1cccc[n+]1[O-]. The zero-order valence-corrected chi connectivity index (χ0v) is 17.9. The molecule has 164 valence electrons. The Labute approximate surface area is 177 Å². The lowest BCUT2D eigenvalue weighted by Gasteiger charge is -2.57. The smallest absolute Gasteiger partial charge is 0.308 e. The van der Waals surface area contributed by atoms with Crippen LogP contribution in [0.5, 0.6) is 0 Å². The maximum absolute atomic E-state index is 12.7. The predicted octanol–water partition coefficient (Wildman–Crippen LogP) is 3.11. The van der Waals surface area contributed by atoms with Gasteiger partial charge in [0.15, 0.2) is 6.20 Å². The summed E-state index contributed by atoms with van der Waals surface area (Å²) in [6, 6.07) is 4.49. The average Bonchev–Trinajstić information content (AvgIpc) is 3.08. The van der Waals surface area contributed by atoms with Gasteiger partial charge in [-0.05, 0) is 68.8 Å².